The van der Waals surface area contributed by atoms with Crippen LogP contribution in [-0.4, -0.2) is 17.7 Å². The van der Waals surface area contributed by atoms with Crippen LogP contribution in [0.3, 0.4) is 0 Å². The van der Waals surface area contributed by atoms with Crippen molar-refractivity contribution in [3.8, 4) is 11.3 Å². The first kappa shape index (κ1) is 11.3. The Balaban J connectivity index is 2.44. The van der Waals surface area contributed by atoms with Gasteiger partial charge in [-0.25, -0.2) is 9.18 Å². The second-order valence-electron chi connectivity index (χ2n) is 3.27. The van der Waals surface area contributed by atoms with Gasteiger partial charge in [-0.2, -0.15) is 0 Å². The summed E-state index contributed by atoms with van der Waals surface area (Å²) in [5.74, 6) is -0.969. The van der Waals surface area contributed by atoms with Gasteiger partial charge in [0.1, 0.15) is 11.4 Å². The number of esters is 1. The standard InChI is InChI=1S/C12H10FNO3/c1-2-16-12(15)9-7-14-17-11(9)8-5-3-4-6-10(8)13/h3-7H,2H2,1H3. The Hall–Kier alpha value is -2.17. The molecule has 0 unspecified atom stereocenters. The maximum Gasteiger partial charge on any atom is 0.343 e. The monoisotopic (exact) mass is 235 g/mol. The SMILES string of the molecule is CCOC(=O)c1cnoc1-c1ccccc1F. The van der Waals surface area contributed by atoms with E-state index in [2.05, 4.69) is 5.16 Å². The van der Waals surface area contributed by atoms with Crippen molar-refractivity contribution in [1.29, 1.82) is 0 Å². The molecule has 0 N–H and O–H groups in total. The van der Waals surface area contributed by atoms with Gasteiger partial charge in [0.15, 0.2) is 5.76 Å². The summed E-state index contributed by atoms with van der Waals surface area (Å²) in [4.78, 5) is 11.6. The fourth-order valence-corrected chi connectivity index (χ4v) is 1.43. The lowest BCUT2D eigenvalue weighted by Gasteiger charge is -2.02. The third kappa shape index (κ3) is 2.18. The summed E-state index contributed by atoms with van der Waals surface area (Å²) in [5.41, 5.74) is 0.310. The lowest BCUT2D eigenvalue weighted by molar-refractivity contribution is 0.0527. The third-order valence-electron chi connectivity index (χ3n) is 2.18. The van der Waals surface area contributed by atoms with Crippen LogP contribution in [0.25, 0.3) is 11.3 Å². The molecule has 0 fully saturated rings. The van der Waals surface area contributed by atoms with Gasteiger partial charge in [0.05, 0.1) is 18.4 Å². The van der Waals surface area contributed by atoms with E-state index in [1.165, 1.54) is 18.3 Å². The van der Waals surface area contributed by atoms with E-state index in [0.717, 1.165) is 0 Å². The first-order valence-electron chi connectivity index (χ1n) is 5.10. The molecule has 0 radical (unpaired) electrons. The second kappa shape index (κ2) is 4.78. The number of carbonyl (C=O) groups excluding carboxylic acids is 1. The summed E-state index contributed by atoms with van der Waals surface area (Å²) in [6, 6.07) is 6.00. The highest BCUT2D eigenvalue weighted by atomic mass is 19.1. The summed E-state index contributed by atoms with van der Waals surface area (Å²) in [6.07, 6.45) is 1.22. The van der Waals surface area contributed by atoms with Crippen LogP contribution >= 0.6 is 0 Å². The van der Waals surface area contributed by atoms with Gasteiger partial charge in [0.25, 0.3) is 0 Å². The number of halogens is 1. The number of rotatable bonds is 3. The van der Waals surface area contributed by atoms with Crippen molar-refractivity contribution in [2.75, 3.05) is 6.61 Å². The molecule has 88 valence electrons. The number of ether oxygens (including phenoxy) is 1. The van der Waals surface area contributed by atoms with Gasteiger partial charge < -0.3 is 9.26 Å². The molecule has 0 aliphatic heterocycles. The number of hydrogen-bond donors (Lipinski definition) is 0. The minimum absolute atomic E-state index is 0.0848. The Morgan fingerprint density at radius 1 is 1.47 bits per heavy atom. The van der Waals surface area contributed by atoms with Crippen LogP contribution < -0.4 is 0 Å². The number of nitrogens with zero attached hydrogens (tertiary/aromatic N) is 1. The van der Waals surface area contributed by atoms with E-state index >= 15 is 0 Å². The molecule has 0 amide bonds. The predicted molar refractivity (Wildman–Crippen MR) is 57.9 cm³/mol. The van der Waals surface area contributed by atoms with Crippen LogP contribution in [-0.2, 0) is 4.74 Å². The Bertz CT molecular complexity index is 536. The largest absolute Gasteiger partial charge is 0.462 e. The summed E-state index contributed by atoms with van der Waals surface area (Å²) in [7, 11) is 0. The van der Waals surface area contributed by atoms with Crippen LogP contribution in [0.15, 0.2) is 35.0 Å². The quantitative estimate of drug-likeness (QED) is 0.767. The van der Waals surface area contributed by atoms with Crippen molar-refractivity contribution in [3.63, 3.8) is 0 Å². The van der Waals surface area contributed by atoms with E-state index in [1.807, 2.05) is 0 Å². The van der Waals surface area contributed by atoms with E-state index in [1.54, 1.807) is 19.1 Å². The van der Waals surface area contributed by atoms with Gasteiger partial charge in [-0.3, -0.25) is 0 Å². The molecule has 2 aromatic rings. The number of hydrogen-bond acceptors (Lipinski definition) is 4. The van der Waals surface area contributed by atoms with Gasteiger partial charge in [-0.1, -0.05) is 17.3 Å². The van der Waals surface area contributed by atoms with Gasteiger partial charge in [-0.15, -0.1) is 0 Å². The normalized spacial score (nSPS) is 10.2. The maximum absolute atomic E-state index is 13.5. The Kier molecular flexibility index (Phi) is 3.18. The Morgan fingerprint density at radius 2 is 2.24 bits per heavy atom. The zero-order valence-corrected chi connectivity index (χ0v) is 9.14. The van der Waals surface area contributed by atoms with Crippen molar-refractivity contribution < 1.29 is 18.4 Å². The average Bonchev–Trinajstić information content (AvgIpc) is 2.79. The molecule has 1 aromatic carbocycles. The topological polar surface area (TPSA) is 52.3 Å². The predicted octanol–water partition coefficient (Wildman–Crippen LogP) is 2.66. The Labute approximate surface area is 97.0 Å². The fourth-order valence-electron chi connectivity index (χ4n) is 1.43. The summed E-state index contributed by atoms with van der Waals surface area (Å²) < 4.78 is 23.3. The van der Waals surface area contributed by atoms with Crippen LogP contribution in [0.2, 0.25) is 0 Å². The fraction of sp³-hybridized carbons (Fsp3) is 0.167. The van der Waals surface area contributed by atoms with E-state index in [9.17, 15) is 9.18 Å². The minimum Gasteiger partial charge on any atom is -0.462 e. The molecule has 0 aliphatic carbocycles. The highest BCUT2D eigenvalue weighted by Gasteiger charge is 2.20. The van der Waals surface area contributed by atoms with Crippen LogP contribution in [0.4, 0.5) is 4.39 Å². The number of benzene rings is 1. The maximum atomic E-state index is 13.5. The van der Waals surface area contributed by atoms with Gasteiger partial charge in [0, 0.05) is 0 Å². The molecular weight excluding hydrogens is 225 g/mol. The molecule has 17 heavy (non-hydrogen) atoms. The van der Waals surface area contributed by atoms with Crippen LogP contribution in [0.1, 0.15) is 17.3 Å². The lowest BCUT2D eigenvalue weighted by Crippen LogP contribution is -2.04. The number of aromatic nitrogens is 1. The summed E-state index contributed by atoms with van der Waals surface area (Å²) in [6.45, 7) is 1.93. The highest BCUT2D eigenvalue weighted by molar-refractivity contribution is 5.95. The third-order valence-corrected chi connectivity index (χ3v) is 2.18. The smallest absolute Gasteiger partial charge is 0.343 e. The average molecular weight is 235 g/mol. The van der Waals surface area contributed by atoms with Crippen molar-refractivity contribution in [1.82, 2.24) is 5.16 Å². The van der Waals surface area contributed by atoms with Crippen molar-refractivity contribution in [2.45, 2.75) is 6.92 Å². The molecule has 0 saturated heterocycles. The highest BCUT2D eigenvalue weighted by Crippen LogP contribution is 2.26. The molecular formula is C12H10FNO3. The van der Waals surface area contributed by atoms with Crippen molar-refractivity contribution in [2.24, 2.45) is 0 Å². The van der Waals surface area contributed by atoms with E-state index < -0.39 is 11.8 Å². The van der Waals surface area contributed by atoms with Gasteiger partial charge >= 0.3 is 5.97 Å². The Morgan fingerprint density at radius 3 is 2.94 bits per heavy atom. The molecule has 1 aromatic heterocycles. The zero-order chi connectivity index (χ0) is 12.3. The van der Waals surface area contributed by atoms with Crippen molar-refractivity contribution in [3.05, 3.63) is 41.8 Å². The van der Waals surface area contributed by atoms with Crippen LogP contribution in [0.5, 0.6) is 0 Å². The lowest BCUT2D eigenvalue weighted by atomic mass is 10.1. The molecule has 5 heteroatoms. The first-order chi connectivity index (χ1) is 8.24. The van der Waals surface area contributed by atoms with Gasteiger partial charge in [0.2, 0.25) is 0 Å². The molecule has 0 bridgehead atoms. The molecule has 0 spiro atoms. The van der Waals surface area contributed by atoms with Gasteiger partial charge in [-0.05, 0) is 19.1 Å². The molecule has 0 saturated carbocycles. The summed E-state index contributed by atoms with van der Waals surface area (Å²) in [5, 5.41) is 3.50. The van der Waals surface area contributed by atoms with E-state index in [-0.39, 0.29) is 23.5 Å². The van der Waals surface area contributed by atoms with E-state index in [4.69, 9.17) is 9.26 Å². The van der Waals surface area contributed by atoms with Crippen LogP contribution in [0, 0.1) is 5.82 Å². The first-order valence-corrected chi connectivity index (χ1v) is 5.10. The molecule has 1 heterocycles. The second-order valence-corrected chi connectivity index (χ2v) is 3.27. The number of carbonyl (C=O) groups is 1. The molecule has 0 atom stereocenters. The van der Waals surface area contributed by atoms with E-state index in [0.29, 0.717) is 0 Å². The molecule has 0 aliphatic rings. The zero-order valence-electron chi connectivity index (χ0n) is 9.14. The molecule has 2 rings (SSSR count). The molecule has 4 nitrogen and oxygen atoms in total. The summed E-state index contributed by atoms with van der Waals surface area (Å²) >= 11 is 0. The minimum atomic E-state index is -0.577. The van der Waals surface area contributed by atoms with Crippen molar-refractivity contribution >= 4 is 5.97 Å².